The van der Waals surface area contributed by atoms with Crippen molar-refractivity contribution in [3.63, 3.8) is 0 Å². The lowest BCUT2D eigenvalue weighted by molar-refractivity contribution is 0.0662. The van der Waals surface area contributed by atoms with Gasteiger partial charge in [-0.1, -0.05) is 129 Å². The van der Waals surface area contributed by atoms with Gasteiger partial charge in [0.25, 0.3) is 0 Å². The van der Waals surface area contributed by atoms with Crippen LogP contribution in [0.5, 0.6) is 0 Å². The third kappa shape index (κ3) is 15.6. The maximum atomic E-state index is 10.8. The van der Waals surface area contributed by atoms with E-state index in [-0.39, 0.29) is 5.76 Å². The summed E-state index contributed by atoms with van der Waals surface area (Å²) in [7, 11) is 0. The molecule has 0 saturated heterocycles. The van der Waals surface area contributed by atoms with E-state index in [2.05, 4.69) is 6.92 Å². The summed E-state index contributed by atoms with van der Waals surface area (Å²) in [4.78, 5) is 10.8. The average molecular weight is 421 g/mol. The van der Waals surface area contributed by atoms with Gasteiger partial charge in [-0.05, 0) is 24.5 Å². The number of unbranched alkanes of at least 4 members (excludes halogenated alkanes) is 19. The predicted octanol–water partition coefficient (Wildman–Crippen LogP) is 9.34. The van der Waals surface area contributed by atoms with E-state index in [1.54, 1.807) is 12.3 Å². The predicted molar refractivity (Wildman–Crippen MR) is 127 cm³/mol. The van der Waals surface area contributed by atoms with Gasteiger partial charge < -0.3 is 9.52 Å². The number of hydrogen-bond donors (Lipinski definition) is 1. The highest BCUT2D eigenvalue weighted by Gasteiger charge is 2.08. The van der Waals surface area contributed by atoms with E-state index in [4.69, 9.17) is 9.52 Å². The van der Waals surface area contributed by atoms with Crippen molar-refractivity contribution in [2.24, 2.45) is 0 Å². The molecular weight excluding hydrogens is 372 g/mol. The number of aromatic carboxylic acids is 1. The van der Waals surface area contributed by atoms with Crippen molar-refractivity contribution in [2.75, 3.05) is 0 Å². The Balaban J connectivity index is 1.72. The summed E-state index contributed by atoms with van der Waals surface area (Å²) in [5.74, 6) is -0.928. The SMILES string of the molecule is CCCCCCCCCCCCCCCCCCCCCCc1coc(C(=O)O)c1. The van der Waals surface area contributed by atoms with Gasteiger partial charge in [0.2, 0.25) is 5.76 Å². The number of aryl methyl sites for hydroxylation is 1. The van der Waals surface area contributed by atoms with Crippen LogP contribution in [-0.2, 0) is 6.42 Å². The van der Waals surface area contributed by atoms with Crippen molar-refractivity contribution >= 4 is 5.97 Å². The summed E-state index contributed by atoms with van der Waals surface area (Å²) >= 11 is 0. The zero-order chi connectivity index (χ0) is 21.7. The van der Waals surface area contributed by atoms with Crippen molar-refractivity contribution in [2.45, 2.75) is 142 Å². The second kappa shape index (κ2) is 19.7. The van der Waals surface area contributed by atoms with Gasteiger partial charge in [0, 0.05) is 0 Å². The molecule has 1 N–H and O–H groups in total. The Morgan fingerprint density at radius 3 is 1.37 bits per heavy atom. The standard InChI is InChI=1S/C27H48O3/c1-2-3-4-5-6-7-8-9-10-11-12-13-14-15-16-17-18-19-20-21-22-25-23-26(27(28)29)30-24-25/h23-24H,2-22H2,1H3,(H,28,29). The molecule has 0 atom stereocenters. The molecule has 1 aromatic rings. The van der Waals surface area contributed by atoms with Gasteiger partial charge in [-0.15, -0.1) is 0 Å². The summed E-state index contributed by atoms with van der Waals surface area (Å²) in [5.41, 5.74) is 1.01. The van der Waals surface area contributed by atoms with Gasteiger partial charge in [-0.25, -0.2) is 4.79 Å². The molecule has 3 heteroatoms. The zero-order valence-corrected chi connectivity index (χ0v) is 19.8. The van der Waals surface area contributed by atoms with E-state index in [0.29, 0.717) is 0 Å². The highest BCUT2D eigenvalue weighted by molar-refractivity contribution is 5.84. The molecule has 0 bridgehead atoms. The average Bonchev–Trinajstić information content (AvgIpc) is 3.22. The van der Waals surface area contributed by atoms with Crippen molar-refractivity contribution in [1.29, 1.82) is 0 Å². The summed E-state index contributed by atoms with van der Waals surface area (Å²) < 4.78 is 5.02. The molecule has 30 heavy (non-hydrogen) atoms. The van der Waals surface area contributed by atoms with Crippen LogP contribution < -0.4 is 0 Å². The number of hydrogen-bond acceptors (Lipinski definition) is 2. The van der Waals surface area contributed by atoms with Crippen LogP contribution in [-0.4, -0.2) is 11.1 Å². The van der Waals surface area contributed by atoms with Gasteiger partial charge >= 0.3 is 5.97 Å². The Hall–Kier alpha value is -1.25. The van der Waals surface area contributed by atoms with E-state index in [0.717, 1.165) is 18.4 Å². The van der Waals surface area contributed by atoms with Gasteiger partial charge in [0.1, 0.15) is 0 Å². The van der Waals surface area contributed by atoms with Crippen LogP contribution in [0.1, 0.15) is 151 Å². The molecule has 1 heterocycles. The number of carboxylic acid groups (broad SMARTS) is 1. The fourth-order valence-electron chi connectivity index (χ4n) is 4.20. The normalized spacial score (nSPS) is 11.2. The van der Waals surface area contributed by atoms with Gasteiger partial charge in [0.05, 0.1) is 6.26 Å². The van der Waals surface area contributed by atoms with E-state index in [1.807, 2.05) is 0 Å². The van der Waals surface area contributed by atoms with Gasteiger partial charge in [-0.3, -0.25) is 0 Å². The lowest BCUT2D eigenvalue weighted by Gasteiger charge is -2.04. The van der Waals surface area contributed by atoms with E-state index in [1.165, 1.54) is 122 Å². The number of furan rings is 1. The third-order valence-corrected chi connectivity index (χ3v) is 6.18. The largest absolute Gasteiger partial charge is 0.475 e. The lowest BCUT2D eigenvalue weighted by atomic mass is 10.0. The molecule has 0 amide bonds. The van der Waals surface area contributed by atoms with Crippen molar-refractivity contribution in [1.82, 2.24) is 0 Å². The van der Waals surface area contributed by atoms with E-state index < -0.39 is 5.97 Å². The van der Waals surface area contributed by atoms with Crippen molar-refractivity contribution in [3.8, 4) is 0 Å². The van der Waals surface area contributed by atoms with Crippen molar-refractivity contribution < 1.29 is 14.3 Å². The minimum atomic E-state index is -0.982. The molecule has 1 rings (SSSR count). The van der Waals surface area contributed by atoms with Crippen molar-refractivity contribution in [3.05, 3.63) is 23.7 Å². The Kier molecular flexibility index (Phi) is 17.6. The molecule has 174 valence electrons. The molecule has 1 aromatic heterocycles. The minimum Gasteiger partial charge on any atom is -0.475 e. The number of carboxylic acids is 1. The molecule has 0 saturated carbocycles. The fourth-order valence-corrected chi connectivity index (χ4v) is 4.20. The second-order valence-corrected chi connectivity index (χ2v) is 9.09. The molecule has 0 aliphatic rings. The maximum absolute atomic E-state index is 10.8. The topological polar surface area (TPSA) is 50.4 Å². The Labute approximate surface area is 186 Å². The van der Waals surface area contributed by atoms with E-state index in [9.17, 15) is 4.79 Å². The zero-order valence-electron chi connectivity index (χ0n) is 19.8. The van der Waals surface area contributed by atoms with E-state index >= 15 is 0 Å². The van der Waals surface area contributed by atoms with Crippen LogP contribution in [0, 0.1) is 0 Å². The maximum Gasteiger partial charge on any atom is 0.371 e. The van der Waals surface area contributed by atoms with Gasteiger partial charge in [0.15, 0.2) is 0 Å². The Morgan fingerprint density at radius 2 is 1.03 bits per heavy atom. The van der Waals surface area contributed by atoms with Crippen LogP contribution in [0.2, 0.25) is 0 Å². The molecule has 0 radical (unpaired) electrons. The quantitative estimate of drug-likeness (QED) is 0.190. The van der Waals surface area contributed by atoms with Crippen LogP contribution in [0.15, 0.2) is 16.7 Å². The highest BCUT2D eigenvalue weighted by Crippen LogP contribution is 2.16. The Morgan fingerprint density at radius 1 is 0.667 bits per heavy atom. The second-order valence-electron chi connectivity index (χ2n) is 9.09. The van der Waals surface area contributed by atoms with Crippen LogP contribution in [0.4, 0.5) is 0 Å². The minimum absolute atomic E-state index is 0.0539. The fraction of sp³-hybridized carbons (Fsp3) is 0.815. The summed E-state index contributed by atoms with van der Waals surface area (Å²) in [5, 5.41) is 8.84. The number of carbonyl (C=O) groups is 1. The molecule has 0 fully saturated rings. The smallest absolute Gasteiger partial charge is 0.371 e. The highest BCUT2D eigenvalue weighted by atomic mass is 16.4. The molecule has 3 nitrogen and oxygen atoms in total. The number of rotatable bonds is 22. The molecule has 0 aliphatic heterocycles. The van der Waals surface area contributed by atoms with Crippen LogP contribution in [0.25, 0.3) is 0 Å². The van der Waals surface area contributed by atoms with Crippen LogP contribution >= 0.6 is 0 Å². The van der Waals surface area contributed by atoms with Crippen LogP contribution in [0.3, 0.4) is 0 Å². The third-order valence-electron chi connectivity index (χ3n) is 6.18. The molecule has 0 aliphatic carbocycles. The first-order valence-corrected chi connectivity index (χ1v) is 13.0. The van der Waals surface area contributed by atoms with Gasteiger partial charge in [-0.2, -0.15) is 0 Å². The molecule has 0 aromatic carbocycles. The summed E-state index contributed by atoms with van der Waals surface area (Å²) in [6, 6.07) is 1.65. The first-order chi connectivity index (χ1) is 14.7. The molecule has 0 unspecified atom stereocenters. The molecule has 0 spiro atoms. The first-order valence-electron chi connectivity index (χ1n) is 13.0. The molecular formula is C27H48O3. The summed E-state index contributed by atoms with van der Waals surface area (Å²) in [6.45, 7) is 2.29. The lowest BCUT2D eigenvalue weighted by Crippen LogP contribution is -1.92. The monoisotopic (exact) mass is 420 g/mol. The Bertz CT molecular complexity index is 506. The summed E-state index contributed by atoms with van der Waals surface area (Å²) in [6.07, 6.45) is 30.3. The first kappa shape index (κ1) is 26.8.